The molecule has 81 heavy (non-hydrogen) atoms. The van der Waals surface area contributed by atoms with Crippen LogP contribution in [0.4, 0.5) is 0 Å². The molecule has 0 rings (SSSR count). The molecule has 0 radical (unpaired) electrons. The molecule has 0 aromatic rings. The van der Waals surface area contributed by atoms with Crippen LogP contribution in [0.15, 0.2) is 122 Å². The summed E-state index contributed by atoms with van der Waals surface area (Å²) in [7, 11) is 0. The van der Waals surface area contributed by atoms with Crippen molar-refractivity contribution in [2.75, 3.05) is 13.2 Å². The largest absolute Gasteiger partial charge is 0.462 e. The number of hydrogen-bond acceptors (Lipinski definition) is 6. The van der Waals surface area contributed by atoms with Gasteiger partial charge in [0.1, 0.15) is 13.2 Å². The summed E-state index contributed by atoms with van der Waals surface area (Å²) in [5, 5.41) is 0. The first-order valence-corrected chi connectivity index (χ1v) is 34.0. The van der Waals surface area contributed by atoms with Gasteiger partial charge in [0, 0.05) is 19.3 Å². The molecule has 0 saturated heterocycles. The molecule has 0 spiro atoms. The molecule has 6 nitrogen and oxygen atoms in total. The van der Waals surface area contributed by atoms with Gasteiger partial charge >= 0.3 is 17.9 Å². The summed E-state index contributed by atoms with van der Waals surface area (Å²) < 4.78 is 16.9. The minimum Gasteiger partial charge on any atom is -0.462 e. The smallest absolute Gasteiger partial charge is 0.306 e. The van der Waals surface area contributed by atoms with Crippen molar-refractivity contribution in [3.63, 3.8) is 0 Å². The Hall–Kier alpha value is -4.19. The van der Waals surface area contributed by atoms with Crippen LogP contribution < -0.4 is 0 Å². The molecule has 0 saturated carbocycles. The minimum absolute atomic E-state index is 0.0929. The lowest BCUT2D eigenvalue weighted by atomic mass is 10.0. The summed E-state index contributed by atoms with van der Waals surface area (Å²) in [4.78, 5) is 38.4. The average Bonchev–Trinajstić information content (AvgIpc) is 3.47. The van der Waals surface area contributed by atoms with E-state index in [2.05, 4.69) is 142 Å². The average molecular weight is 1120 g/mol. The monoisotopic (exact) mass is 1120 g/mol. The van der Waals surface area contributed by atoms with Crippen LogP contribution in [-0.4, -0.2) is 37.2 Å². The van der Waals surface area contributed by atoms with Gasteiger partial charge < -0.3 is 14.2 Å². The number of allylic oxidation sites excluding steroid dienone is 20. The number of carbonyl (C=O) groups is 3. The minimum atomic E-state index is -0.801. The van der Waals surface area contributed by atoms with E-state index < -0.39 is 6.10 Å². The predicted octanol–water partition coefficient (Wildman–Crippen LogP) is 23.6. The van der Waals surface area contributed by atoms with Gasteiger partial charge in [0.25, 0.3) is 0 Å². The quantitative estimate of drug-likeness (QED) is 0.0261. The second-order valence-corrected chi connectivity index (χ2v) is 22.3. The first-order valence-electron chi connectivity index (χ1n) is 34.0. The number of esters is 3. The summed E-state index contributed by atoms with van der Waals surface area (Å²) in [6.45, 7) is 6.40. The van der Waals surface area contributed by atoms with Crippen LogP contribution in [0.25, 0.3) is 0 Å². The van der Waals surface area contributed by atoms with Gasteiger partial charge in [0.2, 0.25) is 0 Å². The third-order valence-electron chi connectivity index (χ3n) is 14.4. The molecule has 0 aromatic carbocycles. The van der Waals surface area contributed by atoms with Crippen LogP contribution in [0.3, 0.4) is 0 Å². The Labute approximate surface area is 501 Å². The molecule has 0 aliphatic heterocycles. The van der Waals surface area contributed by atoms with Gasteiger partial charge in [-0.05, 0) is 128 Å². The van der Waals surface area contributed by atoms with E-state index in [9.17, 15) is 14.4 Å². The zero-order valence-corrected chi connectivity index (χ0v) is 53.0. The van der Waals surface area contributed by atoms with Crippen LogP contribution in [-0.2, 0) is 28.6 Å². The molecule has 1 unspecified atom stereocenters. The highest BCUT2D eigenvalue weighted by Crippen LogP contribution is 2.16. The summed E-state index contributed by atoms with van der Waals surface area (Å²) in [5.74, 6) is -0.922. The normalized spacial score (nSPS) is 12.9. The summed E-state index contributed by atoms with van der Waals surface area (Å²) in [6, 6.07) is 0. The first-order chi connectivity index (χ1) is 40.0. The van der Waals surface area contributed by atoms with Crippen LogP contribution in [0, 0.1) is 0 Å². The standard InChI is InChI=1S/C75H126O6/c1-4-7-10-13-16-19-22-25-28-30-32-34-35-36-37-38-39-41-42-44-47-50-53-56-59-62-65-68-74(77)80-71-72(70-79-73(76)67-64-61-58-55-52-49-46-27-24-21-18-15-12-9-6-3)81-75(78)69-66-63-60-57-54-51-48-45-43-40-33-31-29-26-23-20-17-14-11-8-5-2/h8-9,11-12,17-18,20-22,25-27,29-30,32-33,40,45-46,48,72H,4-7,10,13-16,19,23-24,28,31,34-39,41-44,47,49-71H2,1-3H3/b11-8-,12-9-,20-17-,21-18-,25-22-,29-26-,32-30-,40-33-,46-27-,48-45-. The summed E-state index contributed by atoms with van der Waals surface area (Å²) in [5.41, 5.74) is 0. The SMILES string of the molecule is CC/C=C\C/C=C\C/C=C\C/C=C\C/C=C\CCCCCCCC(=O)OC(COC(=O)CCCCCCC/C=C\C/C=C\C/C=C\CC)COC(=O)CCCCCCCCCCCCCCCCC/C=C\C/C=C\CCCCCCC. The van der Waals surface area contributed by atoms with Gasteiger partial charge in [-0.1, -0.05) is 290 Å². The van der Waals surface area contributed by atoms with Crippen LogP contribution in [0.1, 0.15) is 316 Å². The molecule has 0 amide bonds. The van der Waals surface area contributed by atoms with E-state index in [0.29, 0.717) is 19.3 Å². The first kappa shape index (κ1) is 76.8. The van der Waals surface area contributed by atoms with Crippen molar-refractivity contribution in [3.8, 4) is 0 Å². The summed E-state index contributed by atoms with van der Waals surface area (Å²) >= 11 is 0. The van der Waals surface area contributed by atoms with Gasteiger partial charge in [-0.15, -0.1) is 0 Å². The molecule has 0 aromatic heterocycles. The van der Waals surface area contributed by atoms with E-state index in [1.165, 1.54) is 122 Å². The van der Waals surface area contributed by atoms with E-state index in [1.54, 1.807) is 0 Å². The Morgan fingerprint density at radius 2 is 0.481 bits per heavy atom. The number of unbranched alkanes of at least 4 members (excludes halogenated alkanes) is 30. The maximum Gasteiger partial charge on any atom is 0.306 e. The van der Waals surface area contributed by atoms with Crippen molar-refractivity contribution in [2.45, 2.75) is 322 Å². The van der Waals surface area contributed by atoms with E-state index in [4.69, 9.17) is 14.2 Å². The van der Waals surface area contributed by atoms with Crippen molar-refractivity contribution >= 4 is 17.9 Å². The third-order valence-corrected chi connectivity index (χ3v) is 14.4. The van der Waals surface area contributed by atoms with E-state index >= 15 is 0 Å². The van der Waals surface area contributed by atoms with Gasteiger partial charge in [-0.3, -0.25) is 14.4 Å². The maximum atomic E-state index is 12.9. The highest BCUT2D eigenvalue weighted by Gasteiger charge is 2.19. The van der Waals surface area contributed by atoms with Crippen molar-refractivity contribution < 1.29 is 28.6 Å². The third kappa shape index (κ3) is 66.5. The lowest BCUT2D eigenvalue weighted by molar-refractivity contribution is -0.167. The predicted molar refractivity (Wildman–Crippen MR) is 353 cm³/mol. The second-order valence-electron chi connectivity index (χ2n) is 22.3. The van der Waals surface area contributed by atoms with E-state index in [-0.39, 0.29) is 31.1 Å². The number of ether oxygens (including phenoxy) is 3. The molecule has 0 aliphatic rings. The fraction of sp³-hybridized carbons (Fsp3) is 0.693. The number of carbonyl (C=O) groups excluding carboxylic acids is 3. The van der Waals surface area contributed by atoms with Gasteiger partial charge in [0.15, 0.2) is 6.10 Å². The molecular weight excluding hydrogens is 997 g/mol. The van der Waals surface area contributed by atoms with Crippen molar-refractivity contribution in [2.24, 2.45) is 0 Å². The fourth-order valence-electron chi connectivity index (χ4n) is 9.40. The zero-order valence-electron chi connectivity index (χ0n) is 53.0. The Morgan fingerprint density at radius 3 is 0.753 bits per heavy atom. The molecule has 0 N–H and O–H groups in total. The molecule has 462 valence electrons. The topological polar surface area (TPSA) is 78.9 Å². The highest BCUT2D eigenvalue weighted by atomic mass is 16.6. The Balaban J connectivity index is 4.36. The lowest BCUT2D eigenvalue weighted by Crippen LogP contribution is -2.30. The lowest BCUT2D eigenvalue weighted by Gasteiger charge is -2.18. The van der Waals surface area contributed by atoms with Crippen LogP contribution in [0.5, 0.6) is 0 Å². The Bertz CT molecular complexity index is 1670. The molecule has 1 atom stereocenters. The maximum absolute atomic E-state index is 12.9. The second kappa shape index (κ2) is 68.3. The van der Waals surface area contributed by atoms with Crippen LogP contribution >= 0.6 is 0 Å². The van der Waals surface area contributed by atoms with Gasteiger partial charge in [-0.25, -0.2) is 0 Å². The highest BCUT2D eigenvalue weighted by molar-refractivity contribution is 5.71. The Kier molecular flexibility index (Phi) is 64.8. The van der Waals surface area contributed by atoms with Crippen molar-refractivity contribution in [1.29, 1.82) is 0 Å². The zero-order chi connectivity index (χ0) is 58.5. The number of rotatable bonds is 61. The summed E-state index contributed by atoms with van der Waals surface area (Å²) in [6.07, 6.45) is 95.0. The van der Waals surface area contributed by atoms with Crippen LogP contribution in [0.2, 0.25) is 0 Å². The molecule has 0 fully saturated rings. The molecule has 0 heterocycles. The van der Waals surface area contributed by atoms with E-state index in [0.717, 1.165) is 154 Å². The fourth-order valence-corrected chi connectivity index (χ4v) is 9.40. The number of hydrogen-bond donors (Lipinski definition) is 0. The molecule has 6 heteroatoms. The molecule has 0 bridgehead atoms. The molecular formula is C75H126O6. The molecule has 0 aliphatic carbocycles. The van der Waals surface area contributed by atoms with E-state index in [1.807, 2.05) is 0 Å². The van der Waals surface area contributed by atoms with Crippen molar-refractivity contribution in [1.82, 2.24) is 0 Å². The Morgan fingerprint density at radius 1 is 0.259 bits per heavy atom. The van der Waals surface area contributed by atoms with Crippen molar-refractivity contribution in [3.05, 3.63) is 122 Å². The van der Waals surface area contributed by atoms with Gasteiger partial charge in [-0.2, -0.15) is 0 Å². The van der Waals surface area contributed by atoms with Gasteiger partial charge in [0.05, 0.1) is 0 Å².